The minimum atomic E-state index is -4.41. The van der Waals surface area contributed by atoms with Gasteiger partial charge in [0.2, 0.25) is 5.88 Å². The number of halogens is 4. The fourth-order valence-electron chi connectivity index (χ4n) is 1.41. The largest absolute Gasteiger partial charge is 0.437 e. The Labute approximate surface area is 117 Å². The van der Waals surface area contributed by atoms with Crippen LogP contribution in [0.25, 0.3) is 0 Å². The quantitative estimate of drug-likeness (QED) is 0.824. The number of nitriles is 1. The summed E-state index contributed by atoms with van der Waals surface area (Å²) in [4.78, 5) is 3.83. The Balaban J connectivity index is 2.26. The van der Waals surface area contributed by atoms with Crippen molar-refractivity contribution in [2.24, 2.45) is 0 Å². The Morgan fingerprint density at radius 1 is 1.15 bits per heavy atom. The molecule has 0 bridgehead atoms. The Morgan fingerprint density at radius 2 is 1.80 bits per heavy atom. The predicted molar refractivity (Wildman–Crippen MR) is 65.5 cm³/mol. The highest BCUT2D eigenvalue weighted by Gasteiger charge is 2.30. The van der Waals surface area contributed by atoms with Crippen LogP contribution in [0.2, 0.25) is 5.02 Å². The summed E-state index contributed by atoms with van der Waals surface area (Å²) in [6.07, 6.45) is -3.08. The number of alkyl halides is 3. The van der Waals surface area contributed by atoms with Crippen LogP contribution < -0.4 is 4.74 Å². The van der Waals surface area contributed by atoms with E-state index in [1.807, 2.05) is 6.07 Å². The van der Waals surface area contributed by atoms with Gasteiger partial charge in [-0.2, -0.15) is 18.4 Å². The summed E-state index contributed by atoms with van der Waals surface area (Å²) in [6.45, 7) is 0. The number of hydrogen-bond acceptors (Lipinski definition) is 3. The smallest absolute Gasteiger partial charge is 0.416 e. The molecule has 1 heterocycles. The molecule has 102 valence electrons. The van der Waals surface area contributed by atoms with Crippen molar-refractivity contribution in [3.8, 4) is 17.7 Å². The molecule has 0 saturated carbocycles. The van der Waals surface area contributed by atoms with Crippen LogP contribution in [-0.4, -0.2) is 4.98 Å². The number of ether oxygens (including phenoxy) is 1. The van der Waals surface area contributed by atoms with Crippen molar-refractivity contribution in [3.63, 3.8) is 0 Å². The summed E-state index contributed by atoms with van der Waals surface area (Å²) in [5.74, 6) is 0.105. The highest BCUT2D eigenvalue weighted by atomic mass is 35.5. The van der Waals surface area contributed by atoms with Crippen molar-refractivity contribution in [2.75, 3.05) is 0 Å². The van der Waals surface area contributed by atoms with Gasteiger partial charge in [0.05, 0.1) is 11.1 Å². The van der Waals surface area contributed by atoms with Crippen LogP contribution >= 0.6 is 11.6 Å². The van der Waals surface area contributed by atoms with Crippen LogP contribution in [0.5, 0.6) is 11.6 Å². The van der Waals surface area contributed by atoms with Crippen molar-refractivity contribution in [1.82, 2.24) is 4.98 Å². The van der Waals surface area contributed by atoms with E-state index >= 15 is 0 Å². The van der Waals surface area contributed by atoms with Crippen molar-refractivity contribution >= 4 is 11.6 Å². The van der Waals surface area contributed by atoms with Crippen LogP contribution in [0.1, 0.15) is 11.1 Å². The Bertz CT molecular complexity index is 663. The Hall–Kier alpha value is -2.26. The van der Waals surface area contributed by atoms with E-state index in [1.165, 1.54) is 12.3 Å². The standard InChI is InChI=1S/C13H6ClF3N2O/c14-11-8(7-18)5-6-19-12(11)20-10-3-1-9(2-4-10)13(15,16)17/h1-6H. The van der Waals surface area contributed by atoms with E-state index in [9.17, 15) is 13.2 Å². The molecule has 0 atom stereocenters. The molecule has 0 aliphatic heterocycles. The lowest BCUT2D eigenvalue weighted by Crippen LogP contribution is -2.04. The molecule has 1 aromatic carbocycles. The molecule has 7 heteroatoms. The monoisotopic (exact) mass is 298 g/mol. The van der Waals surface area contributed by atoms with Gasteiger partial charge in [-0.1, -0.05) is 11.6 Å². The second-order valence-corrected chi connectivity index (χ2v) is 4.09. The fourth-order valence-corrected chi connectivity index (χ4v) is 1.60. The van der Waals surface area contributed by atoms with E-state index < -0.39 is 11.7 Å². The second kappa shape index (κ2) is 5.39. The van der Waals surface area contributed by atoms with E-state index in [0.29, 0.717) is 0 Å². The van der Waals surface area contributed by atoms with Gasteiger partial charge in [-0.05, 0) is 30.3 Å². The summed E-state index contributed by atoms with van der Waals surface area (Å²) >= 11 is 5.87. The summed E-state index contributed by atoms with van der Waals surface area (Å²) < 4.78 is 42.5. The molecule has 0 fully saturated rings. The molecule has 3 nitrogen and oxygen atoms in total. The highest BCUT2D eigenvalue weighted by molar-refractivity contribution is 6.33. The van der Waals surface area contributed by atoms with Crippen molar-refractivity contribution in [2.45, 2.75) is 6.18 Å². The highest BCUT2D eigenvalue weighted by Crippen LogP contribution is 2.33. The van der Waals surface area contributed by atoms with Crippen molar-refractivity contribution in [3.05, 3.63) is 52.7 Å². The molecular formula is C13H6ClF3N2O. The second-order valence-electron chi connectivity index (χ2n) is 3.71. The zero-order valence-corrected chi connectivity index (χ0v) is 10.5. The molecule has 20 heavy (non-hydrogen) atoms. The lowest BCUT2D eigenvalue weighted by atomic mass is 10.2. The van der Waals surface area contributed by atoms with E-state index in [-0.39, 0.29) is 22.2 Å². The van der Waals surface area contributed by atoms with Gasteiger partial charge in [-0.3, -0.25) is 0 Å². The summed E-state index contributed by atoms with van der Waals surface area (Å²) in [5, 5.41) is 8.80. The van der Waals surface area contributed by atoms with E-state index in [4.69, 9.17) is 21.6 Å². The van der Waals surface area contributed by atoms with Crippen molar-refractivity contribution in [1.29, 1.82) is 5.26 Å². The molecule has 0 radical (unpaired) electrons. The van der Waals surface area contributed by atoms with E-state index in [2.05, 4.69) is 4.98 Å². The maximum Gasteiger partial charge on any atom is 0.416 e. The number of nitrogens with zero attached hydrogens (tertiary/aromatic N) is 2. The molecule has 2 aromatic rings. The zero-order valence-electron chi connectivity index (χ0n) is 9.78. The van der Waals surface area contributed by atoms with Gasteiger partial charge in [-0.25, -0.2) is 4.98 Å². The number of hydrogen-bond donors (Lipinski definition) is 0. The molecule has 0 saturated heterocycles. The first-order valence-electron chi connectivity index (χ1n) is 5.31. The van der Waals surface area contributed by atoms with Crippen LogP contribution in [0.15, 0.2) is 36.5 Å². The first-order valence-corrected chi connectivity index (χ1v) is 5.69. The normalized spacial score (nSPS) is 10.9. The first-order chi connectivity index (χ1) is 9.41. The maximum absolute atomic E-state index is 12.4. The number of aromatic nitrogens is 1. The van der Waals surface area contributed by atoms with E-state index in [0.717, 1.165) is 24.3 Å². The van der Waals surface area contributed by atoms with Gasteiger partial charge >= 0.3 is 6.18 Å². The third kappa shape index (κ3) is 3.00. The molecule has 0 spiro atoms. The Kier molecular flexibility index (Phi) is 3.81. The fraction of sp³-hybridized carbons (Fsp3) is 0.0769. The average molecular weight is 299 g/mol. The third-order valence-corrected chi connectivity index (χ3v) is 2.74. The average Bonchev–Trinajstić information content (AvgIpc) is 2.41. The van der Waals surface area contributed by atoms with Crippen LogP contribution in [0.3, 0.4) is 0 Å². The molecule has 0 amide bonds. The number of rotatable bonds is 2. The molecule has 0 unspecified atom stereocenters. The predicted octanol–water partition coefficient (Wildman–Crippen LogP) is 4.42. The van der Waals surface area contributed by atoms with Crippen LogP contribution in [0.4, 0.5) is 13.2 Å². The number of benzene rings is 1. The zero-order chi connectivity index (χ0) is 14.8. The topological polar surface area (TPSA) is 45.9 Å². The van der Waals surface area contributed by atoms with Gasteiger partial charge in [-0.15, -0.1) is 0 Å². The molecule has 0 aliphatic carbocycles. The lowest BCUT2D eigenvalue weighted by Gasteiger charge is -2.09. The van der Waals surface area contributed by atoms with Gasteiger partial charge in [0, 0.05) is 6.20 Å². The van der Waals surface area contributed by atoms with Gasteiger partial charge in [0.15, 0.2) is 0 Å². The van der Waals surface area contributed by atoms with Crippen molar-refractivity contribution < 1.29 is 17.9 Å². The summed E-state index contributed by atoms with van der Waals surface area (Å²) in [5.41, 5.74) is -0.613. The molecular weight excluding hydrogens is 293 g/mol. The third-order valence-electron chi connectivity index (χ3n) is 2.37. The minimum absolute atomic E-state index is 0.00916. The van der Waals surface area contributed by atoms with Gasteiger partial charge in [0.25, 0.3) is 0 Å². The molecule has 2 rings (SSSR count). The Morgan fingerprint density at radius 3 is 2.35 bits per heavy atom. The SMILES string of the molecule is N#Cc1ccnc(Oc2ccc(C(F)(F)F)cc2)c1Cl. The van der Waals surface area contributed by atoms with Crippen LogP contribution in [0, 0.1) is 11.3 Å². The summed E-state index contributed by atoms with van der Waals surface area (Å²) in [7, 11) is 0. The number of pyridine rings is 1. The van der Waals surface area contributed by atoms with Gasteiger partial charge < -0.3 is 4.74 Å². The molecule has 0 N–H and O–H groups in total. The first kappa shape index (κ1) is 14.2. The van der Waals surface area contributed by atoms with Crippen LogP contribution in [-0.2, 0) is 6.18 Å². The van der Waals surface area contributed by atoms with Gasteiger partial charge in [0.1, 0.15) is 16.8 Å². The minimum Gasteiger partial charge on any atom is -0.437 e. The molecule has 1 aromatic heterocycles. The lowest BCUT2D eigenvalue weighted by molar-refractivity contribution is -0.137. The van der Waals surface area contributed by atoms with E-state index in [1.54, 1.807) is 0 Å². The maximum atomic E-state index is 12.4. The molecule has 0 aliphatic rings. The summed E-state index contributed by atoms with van der Waals surface area (Å²) in [6, 6.07) is 7.33.